The average molecular weight is 296 g/mol. The van der Waals surface area contributed by atoms with E-state index >= 15 is 0 Å². The summed E-state index contributed by atoms with van der Waals surface area (Å²) in [7, 11) is -2.99. The van der Waals surface area contributed by atoms with E-state index in [1.54, 1.807) is 32.0 Å². The Kier molecular flexibility index (Phi) is 5.10. The third-order valence-electron chi connectivity index (χ3n) is 2.28. The Hall–Kier alpha value is -0.450. The standard InChI is InChI=1S/C11H15Cl2NO2S/c1-3-17(15,16)7-8(2)14-11-5-4-9(12)6-10(11)13/h4-6,8,14H,3,7H2,1-2H3. The maximum Gasteiger partial charge on any atom is 0.152 e. The smallest absolute Gasteiger partial charge is 0.152 e. The molecular weight excluding hydrogens is 281 g/mol. The minimum absolute atomic E-state index is 0.0858. The Morgan fingerprint density at radius 2 is 2.00 bits per heavy atom. The van der Waals surface area contributed by atoms with E-state index in [0.717, 1.165) is 0 Å². The maximum atomic E-state index is 11.4. The van der Waals surface area contributed by atoms with Gasteiger partial charge in [-0.3, -0.25) is 0 Å². The van der Waals surface area contributed by atoms with Crippen LogP contribution in [0.4, 0.5) is 5.69 Å². The topological polar surface area (TPSA) is 46.2 Å². The van der Waals surface area contributed by atoms with Crippen molar-refractivity contribution in [2.24, 2.45) is 0 Å². The molecule has 0 aliphatic rings. The van der Waals surface area contributed by atoms with E-state index < -0.39 is 9.84 Å². The van der Waals surface area contributed by atoms with Crippen molar-refractivity contribution in [2.75, 3.05) is 16.8 Å². The summed E-state index contributed by atoms with van der Waals surface area (Å²) >= 11 is 11.8. The van der Waals surface area contributed by atoms with Crippen molar-refractivity contribution in [3.63, 3.8) is 0 Å². The summed E-state index contributed by atoms with van der Waals surface area (Å²) in [5, 5.41) is 4.09. The van der Waals surface area contributed by atoms with E-state index in [-0.39, 0.29) is 17.5 Å². The van der Waals surface area contributed by atoms with Crippen LogP contribution in [-0.4, -0.2) is 26.0 Å². The second kappa shape index (κ2) is 5.94. The van der Waals surface area contributed by atoms with Gasteiger partial charge >= 0.3 is 0 Å². The monoisotopic (exact) mass is 295 g/mol. The molecule has 3 nitrogen and oxygen atoms in total. The van der Waals surface area contributed by atoms with Gasteiger partial charge in [0.05, 0.1) is 16.5 Å². The van der Waals surface area contributed by atoms with Crippen LogP contribution < -0.4 is 5.32 Å². The molecule has 6 heteroatoms. The summed E-state index contributed by atoms with van der Waals surface area (Å²) < 4.78 is 22.9. The maximum absolute atomic E-state index is 11.4. The first-order valence-electron chi connectivity index (χ1n) is 5.26. The van der Waals surface area contributed by atoms with Gasteiger partial charge in [-0.15, -0.1) is 0 Å². The molecule has 0 fully saturated rings. The fraction of sp³-hybridized carbons (Fsp3) is 0.455. The first-order valence-corrected chi connectivity index (χ1v) is 7.84. The van der Waals surface area contributed by atoms with E-state index in [1.807, 2.05) is 0 Å². The van der Waals surface area contributed by atoms with E-state index in [9.17, 15) is 8.42 Å². The second-order valence-corrected chi connectivity index (χ2v) is 7.11. The molecule has 0 radical (unpaired) electrons. The molecule has 1 aromatic rings. The van der Waals surface area contributed by atoms with Gasteiger partial charge in [0.25, 0.3) is 0 Å². The lowest BCUT2D eigenvalue weighted by molar-refractivity contribution is 0.593. The molecule has 17 heavy (non-hydrogen) atoms. The van der Waals surface area contributed by atoms with Crippen LogP contribution in [0.3, 0.4) is 0 Å². The fourth-order valence-corrected chi connectivity index (χ4v) is 2.96. The molecule has 1 N–H and O–H groups in total. The van der Waals surface area contributed by atoms with Crippen molar-refractivity contribution in [1.82, 2.24) is 0 Å². The number of benzene rings is 1. The second-order valence-electron chi connectivity index (χ2n) is 3.87. The lowest BCUT2D eigenvalue weighted by Gasteiger charge is -2.16. The van der Waals surface area contributed by atoms with Crippen molar-refractivity contribution in [3.8, 4) is 0 Å². The van der Waals surface area contributed by atoms with Gasteiger partial charge in [0.2, 0.25) is 0 Å². The molecule has 0 aliphatic heterocycles. The summed E-state index contributed by atoms with van der Waals surface area (Å²) in [5.74, 6) is 0.232. The normalized spacial score (nSPS) is 13.4. The van der Waals surface area contributed by atoms with Gasteiger partial charge in [0, 0.05) is 16.8 Å². The first kappa shape index (κ1) is 14.6. The predicted octanol–water partition coefficient (Wildman–Crippen LogP) is 3.23. The van der Waals surface area contributed by atoms with Crippen LogP contribution in [-0.2, 0) is 9.84 Å². The van der Waals surface area contributed by atoms with Crippen LogP contribution in [0.25, 0.3) is 0 Å². The van der Waals surface area contributed by atoms with Gasteiger partial charge in [0.15, 0.2) is 9.84 Å². The van der Waals surface area contributed by atoms with E-state index in [2.05, 4.69) is 5.32 Å². The summed E-state index contributed by atoms with van der Waals surface area (Å²) in [6, 6.07) is 4.86. The van der Waals surface area contributed by atoms with Crippen LogP contribution in [0.5, 0.6) is 0 Å². The Morgan fingerprint density at radius 1 is 1.35 bits per heavy atom. The average Bonchev–Trinajstić information content (AvgIpc) is 2.21. The fourth-order valence-electron chi connectivity index (χ4n) is 1.41. The Balaban J connectivity index is 2.72. The van der Waals surface area contributed by atoms with Crippen molar-refractivity contribution >= 4 is 38.7 Å². The first-order chi connectivity index (χ1) is 7.84. The SMILES string of the molecule is CCS(=O)(=O)CC(C)Nc1ccc(Cl)cc1Cl. The van der Waals surface area contributed by atoms with E-state index in [1.165, 1.54) is 0 Å². The largest absolute Gasteiger partial charge is 0.380 e. The number of rotatable bonds is 5. The molecular formula is C11H15Cl2NO2S. The van der Waals surface area contributed by atoms with Crippen molar-refractivity contribution in [2.45, 2.75) is 19.9 Å². The van der Waals surface area contributed by atoms with Crippen molar-refractivity contribution < 1.29 is 8.42 Å². The summed E-state index contributed by atoms with van der Waals surface area (Å²) in [4.78, 5) is 0. The molecule has 0 amide bonds. The highest BCUT2D eigenvalue weighted by Crippen LogP contribution is 2.25. The number of halogens is 2. The highest BCUT2D eigenvalue weighted by Gasteiger charge is 2.14. The third kappa shape index (κ3) is 4.74. The van der Waals surface area contributed by atoms with E-state index in [0.29, 0.717) is 15.7 Å². The van der Waals surface area contributed by atoms with Crippen molar-refractivity contribution in [3.05, 3.63) is 28.2 Å². The molecule has 1 atom stereocenters. The lowest BCUT2D eigenvalue weighted by atomic mass is 10.3. The molecule has 0 aromatic heterocycles. The van der Waals surface area contributed by atoms with Gasteiger partial charge in [-0.25, -0.2) is 8.42 Å². The van der Waals surface area contributed by atoms with Gasteiger partial charge in [0.1, 0.15) is 0 Å². The number of anilines is 1. The summed E-state index contributed by atoms with van der Waals surface area (Å²) in [5.41, 5.74) is 0.690. The van der Waals surface area contributed by atoms with Crippen molar-refractivity contribution in [1.29, 1.82) is 0 Å². The predicted molar refractivity (Wildman–Crippen MR) is 73.9 cm³/mol. The highest BCUT2D eigenvalue weighted by atomic mass is 35.5. The minimum Gasteiger partial charge on any atom is -0.380 e. The zero-order valence-corrected chi connectivity index (χ0v) is 12.0. The zero-order valence-electron chi connectivity index (χ0n) is 9.70. The molecule has 0 aliphatic carbocycles. The number of hydrogen-bond acceptors (Lipinski definition) is 3. The molecule has 1 unspecified atom stereocenters. The van der Waals surface area contributed by atoms with Gasteiger partial charge < -0.3 is 5.32 Å². The number of sulfone groups is 1. The Labute approximate surface area is 112 Å². The highest BCUT2D eigenvalue weighted by molar-refractivity contribution is 7.91. The lowest BCUT2D eigenvalue weighted by Crippen LogP contribution is -2.26. The quantitative estimate of drug-likeness (QED) is 0.907. The Bertz CT molecular complexity index is 488. The summed E-state index contributed by atoms with van der Waals surface area (Å²) in [6.07, 6.45) is 0. The molecule has 1 aromatic carbocycles. The van der Waals surface area contributed by atoms with Gasteiger partial charge in [-0.1, -0.05) is 30.1 Å². The number of hydrogen-bond donors (Lipinski definition) is 1. The van der Waals surface area contributed by atoms with Crippen LogP contribution in [0.1, 0.15) is 13.8 Å². The number of nitrogens with one attached hydrogen (secondary N) is 1. The molecule has 1 rings (SSSR count). The Morgan fingerprint density at radius 3 is 2.53 bits per heavy atom. The van der Waals surface area contributed by atoms with Crippen LogP contribution in [0.2, 0.25) is 10.0 Å². The molecule has 0 bridgehead atoms. The van der Waals surface area contributed by atoms with Crippen LogP contribution in [0.15, 0.2) is 18.2 Å². The molecule has 0 saturated heterocycles. The van der Waals surface area contributed by atoms with Crippen LogP contribution in [0, 0.1) is 0 Å². The van der Waals surface area contributed by atoms with Gasteiger partial charge in [-0.2, -0.15) is 0 Å². The molecule has 0 saturated carbocycles. The van der Waals surface area contributed by atoms with E-state index in [4.69, 9.17) is 23.2 Å². The molecule has 0 spiro atoms. The zero-order chi connectivity index (χ0) is 13.1. The summed E-state index contributed by atoms with van der Waals surface area (Å²) in [6.45, 7) is 3.44. The van der Waals surface area contributed by atoms with Crippen LogP contribution >= 0.6 is 23.2 Å². The van der Waals surface area contributed by atoms with Gasteiger partial charge in [-0.05, 0) is 25.1 Å². The third-order valence-corrected chi connectivity index (χ3v) is 4.71. The molecule has 96 valence electrons. The molecule has 0 heterocycles. The minimum atomic E-state index is -2.99.